The molecule has 1 aromatic rings. The third kappa shape index (κ3) is 5.16. The maximum absolute atomic E-state index is 11.8. The first-order chi connectivity index (χ1) is 10.1. The lowest BCUT2D eigenvalue weighted by Crippen LogP contribution is -2.44. The van der Waals surface area contributed by atoms with Crippen molar-refractivity contribution in [3.8, 4) is 0 Å². The SMILES string of the molecule is O=C(COC1CCNCC1)N[C@@H](Cc1cnc[nH]1)C(=O)O. The van der Waals surface area contributed by atoms with Crippen LogP contribution in [0.25, 0.3) is 0 Å². The molecular formula is C13H20N4O4. The number of H-pyrrole nitrogens is 1. The molecule has 0 saturated carbocycles. The molecule has 0 bridgehead atoms. The van der Waals surface area contributed by atoms with E-state index in [1.165, 1.54) is 12.5 Å². The first kappa shape index (κ1) is 15.5. The van der Waals surface area contributed by atoms with E-state index >= 15 is 0 Å². The monoisotopic (exact) mass is 296 g/mol. The lowest BCUT2D eigenvalue weighted by Gasteiger charge is -2.23. The fourth-order valence-electron chi connectivity index (χ4n) is 2.21. The molecule has 1 aromatic heterocycles. The van der Waals surface area contributed by atoms with E-state index in [-0.39, 0.29) is 19.1 Å². The summed E-state index contributed by atoms with van der Waals surface area (Å²) < 4.78 is 5.50. The van der Waals surface area contributed by atoms with Gasteiger partial charge in [0.05, 0.1) is 12.4 Å². The normalized spacial score (nSPS) is 17.3. The van der Waals surface area contributed by atoms with E-state index in [2.05, 4.69) is 20.6 Å². The molecule has 8 heteroatoms. The van der Waals surface area contributed by atoms with Gasteiger partial charge in [0.1, 0.15) is 12.6 Å². The Morgan fingerprint density at radius 1 is 1.48 bits per heavy atom. The molecule has 4 N–H and O–H groups in total. The lowest BCUT2D eigenvalue weighted by molar-refractivity contribution is -0.143. The number of carboxylic acids is 1. The van der Waals surface area contributed by atoms with Gasteiger partial charge in [-0.3, -0.25) is 4.79 Å². The number of hydrogen-bond acceptors (Lipinski definition) is 5. The number of carbonyl (C=O) groups excluding carboxylic acids is 1. The molecule has 0 aliphatic carbocycles. The Morgan fingerprint density at radius 2 is 2.24 bits per heavy atom. The maximum Gasteiger partial charge on any atom is 0.326 e. The molecule has 1 fully saturated rings. The molecule has 2 rings (SSSR count). The van der Waals surface area contributed by atoms with E-state index in [0.717, 1.165) is 25.9 Å². The standard InChI is InChI=1S/C13H20N4O4/c18-12(7-21-10-1-3-14-4-2-10)17-11(13(19)20)5-9-6-15-8-16-9/h6,8,10-11,14H,1-5,7H2,(H,15,16)(H,17,18)(H,19,20)/t11-/m0/s1. The summed E-state index contributed by atoms with van der Waals surface area (Å²) in [5.41, 5.74) is 0.655. The highest BCUT2D eigenvalue weighted by Crippen LogP contribution is 2.06. The molecule has 1 aliphatic rings. The van der Waals surface area contributed by atoms with Gasteiger partial charge in [0.15, 0.2) is 0 Å². The Kier molecular flexibility index (Phi) is 5.70. The highest BCUT2D eigenvalue weighted by Gasteiger charge is 2.22. The number of rotatable bonds is 7. The number of hydrogen-bond donors (Lipinski definition) is 4. The summed E-state index contributed by atoms with van der Waals surface area (Å²) in [6.07, 6.45) is 4.96. The largest absolute Gasteiger partial charge is 0.480 e. The van der Waals surface area contributed by atoms with Crippen molar-refractivity contribution in [3.63, 3.8) is 0 Å². The van der Waals surface area contributed by atoms with Gasteiger partial charge < -0.3 is 25.5 Å². The summed E-state index contributed by atoms with van der Waals surface area (Å²) in [6, 6.07) is -0.991. The number of nitrogens with zero attached hydrogens (tertiary/aromatic N) is 1. The second-order valence-electron chi connectivity index (χ2n) is 5.00. The van der Waals surface area contributed by atoms with Gasteiger partial charge in [0.2, 0.25) is 5.91 Å². The topological polar surface area (TPSA) is 116 Å². The summed E-state index contributed by atoms with van der Waals surface area (Å²) in [4.78, 5) is 29.6. The molecule has 116 valence electrons. The molecule has 0 radical (unpaired) electrons. The number of imidazole rings is 1. The summed E-state index contributed by atoms with van der Waals surface area (Å²) in [7, 11) is 0. The highest BCUT2D eigenvalue weighted by atomic mass is 16.5. The Morgan fingerprint density at radius 3 is 2.86 bits per heavy atom. The number of aliphatic carboxylic acids is 1. The van der Waals surface area contributed by atoms with Crippen molar-refractivity contribution in [2.24, 2.45) is 0 Å². The first-order valence-corrected chi connectivity index (χ1v) is 6.97. The van der Waals surface area contributed by atoms with Gasteiger partial charge >= 0.3 is 5.97 Å². The van der Waals surface area contributed by atoms with Crippen molar-refractivity contribution in [1.82, 2.24) is 20.6 Å². The number of carbonyl (C=O) groups is 2. The van der Waals surface area contributed by atoms with Crippen LogP contribution in [0.15, 0.2) is 12.5 Å². The minimum Gasteiger partial charge on any atom is -0.480 e. The molecule has 1 aliphatic heterocycles. The molecule has 0 unspecified atom stereocenters. The van der Waals surface area contributed by atoms with Gasteiger partial charge in [0, 0.05) is 18.3 Å². The van der Waals surface area contributed by atoms with E-state index in [1.807, 2.05) is 0 Å². The second-order valence-corrected chi connectivity index (χ2v) is 5.00. The molecular weight excluding hydrogens is 276 g/mol. The predicted octanol–water partition coefficient (Wildman–Crippen LogP) is -0.710. The molecule has 0 aromatic carbocycles. The fourth-order valence-corrected chi connectivity index (χ4v) is 2.21. The number of aromatic amines is 1. The van der Waals surface area contributed by atoms with Crippen LogP contribution < -0.4 is 10.6 Å². The number of piperidine rings is 1. The lowest BCUT2D eigenvalue weighted by atomic mass is 10.1. The van der Waals surface area contributed by atoms with E-state index in [1.54, 1.807) is 0 Å². The third-order valence-corrected chi connectivity index (χ3v) is 3.35. The van der Waals surface area contributed by atoms with Gasteiger partial charge in [-0.05, 0) is 25.9 Å². The molecule has 1 atom stereocenters. The van der Waals surface area contributed by atoms with Crippen molar-refractivity contribution in [2.45, 2.75) is 31.4 Å². The predicted molar refractivity (Wildman–Crippen MR) is 73.7 cm³/mol. The van der Waals surface area contributed by atoms with Gasteiger partial charge in [-0.15, -0.1) is 0 Å². The van der Waals surface area contributed by atoms with Crippen LogP contribution in [0.3, 0.4) is 0 Å². The molecule has 1 amide bonds. The van der Waals surface area contributed by atoms with Crippen molar-refractivity contribution in [1.29, 1.82) is 0 Å². The summed E-state index contributed by atoms with van der Waals surface area (Å²) >= 11 is 0. The van der Waals surface area contributed by atoms with Crippen LogP contribution in [0.5, 0.6) is 0 Å². The molecule has 2 heterocycles. The van der Waals surface area contributed by atoms with Gasteiger partial charge in [0.25, 0.3) is 0 Å². The van der Waals surface area contributed by atoms with E-state index < -0.39 is 17.9 Å². The number of carboxylic acid groups (broad SMARTS) is 1. The smallest absolute Gasteiger partial charge is 0.326 e. The average molecular weight is 296 g/mol. The fraction of sp³-hybridized carbons (Fsp3) is 0.615. The Bertz CT molecular complexity index is 457. The van der Waals surface area contributed by atoms with Crippen LogP contribution in [0, 0.1) is 0 Å². The van der Waals surface area contributed by atoms with Crippen molar-refractivity contribution < 1.29 is 19.4 Å². The minimum absolute atomic E-state index is 0.0629. The van der Waals surface area contributed by atoms with Gasteiger partial charge in [-0.25, -0.2) is 9.78 Å². The zero-order valence-corrected chi connectivity index (χ0v) is 11.7. The Hall–Kier alpha value is -1.93. The zero-order valence-electron chi connectivity index (χ0n) is 11.7. The highest BCUT2D eigenvalue weighted by molar-refractivity contribution is 5.84. The van der Waals surface area contributed by atoms with Crippen molar-refractivity contribution in [3.05, 3.63) is 18.2 Å². The molecule has 0 spiro atoms. The quantitative estimate of drug-likeness (QED) is 0.528. The number of amides is 1. The first-order valence-electron chi connectivity index (χ1n) is 6.97. The number of aromatic nitrogens is 2. The van der Waals surface area contributed by atoms with Crippen LogP contribution in [0.4, 0.5) is 0 Å². The average Bonchev–Trinajstić information content (AvgIpc) is 2.98. The summed E-state index contributed by atoms with van der Waals surface area (Å²) in [6.45, 7) is 1.64. The second kappa shape index (κ2) is 7.75. The molecule has 8 nitrogen and oxygen atoms in total. The van der Waals surface area contributed by atoms with Crippen LogP contribution in [0.1, 0.15) is 18.5 Å². The molecule has 1 saturated heterocycles. The zero-order chi connectivity index (χ0) is 15.1. The third-order valence-electron chi connectivity index (χ3n) is 3.35. The van der Waals surface area contributed by atoms with Crippen molar-refractivity contribution >= 4 is 11.9 Å². The molecule has 21 heavy (non-hydrogen) atoms. The van der Waals surface area contributed by atoms with Crippen molar-refractivity contribution in [2.75, 3.05) is 19.7 Å². The van der Waals surface area contributed by atoms with Crippen LogP contribution >= 0.6 is 0 Å². The van der Waals surface area contributed by atoms with Gasteiger partial charge in [-0.2, -0.15) is 0 Å². The van der Waals surface area contributed by atoms with E-state index in [9.17, 15) is 9.59 Å². The van der Waals surface area contributed by atoms with E-state index in [4.69, 9.17) is 9.84 Å². The van der Waals surface area contributed by atoms with Crippen LogP contribution in [-0.4, -0.2) is 58.8 Å². The Balaban J connectivity index is 1.76. The van der Waals surface area contributed by atoms with Gasteiger partial charge in [-0.1, -0.05) is 0 Å². The maximum atomic E-state index is 11.8. The Labute approximate surface area is 122 Å². The number of nitrogens with one attached hydrogen (secondary N) is 3. The van der Waals surface area contributed by atoms with Crippen LogP contribution in [-0.2, 0) is 20.7 Å². The minimum atomic E-state index is -1.08. The summed E-state index contributed by atoms with van der Waals surface area (Å²) in [5.74, 6) is -1.50. The summed E-state index contributed by atoms with van der Waals surface area (Å²) in [5, 5.41) is 14.8. The van der Waals surface area contributed by atoms with E-state index in [0.29, 0.717) is 5.69 Å². The van der Waals surface area contributed by atoms with Crippen LogP contribution in [0.2, 0.25) is 0 Å². The number of ether oxygens (including phenoxy) is 1.